The molecule has 0 aliphatic rings. The first-order chi connectivity index (χ1) is 15.2. The summed E-state index contributed by atoms with van der Waals surface area (Å²) in [5.41, 5.74) is 17.3. The predicted molar refractivity (Wildman–Crippen MR) is 125 cm³/mol. The number of aryl methyl sites for hydroxylation is 2. The molecule has 2 unspecified atom stereocenters. The fourth-order valence-corrected chi connectivity index (χ4v) is 3.65. The number of fused-ring (bicyclic) bond motifs is 2. The number of benzene rings is 2. The van der Waals surface area contributed by atoms with Crippen LogP contribution in [0.4, 0.5) is 0 Å². The van der Waals surface area contributed by atoms with Crippen LogP contribution in [0.1, 0.15) is 22.3 Å². The molecule has 0 spiro atoms. The number of hydrogen-bond acceptors (Lipinski definition) is 4. The van der Waals surface area contributed by atoms with E-state index in [-0.39, 0.29) is 0 Å². The Kier molecular flexibility index (Phi) is 6.97. The quantitative estimate of drug-likeness (QED) is 0.273. The minimum Gasteiger partial charge on any atom is -0.480 e. The Hall–Kier alpha value is -3.62. The zero-order valence-corrected chi connectivity index (χ0v) is 18.1. The van der Waals surface area contributed by atoms with E-state index < -0.39 is 24.0 Å². The van der Waals surface area contributed by atoms with E-state index in [4.69, 9.17) is 21.7 Å². The Morgan fingerprint density at radius 2 is 1.47 bits per heavy atom. The molecule has 2 aromatic carbocycles. The summed E-state index contributed by atoms with van der Waals surface area (Å²) in [5, 5.41) is 19.6. The summed E-state index contributed by atoms with van der Waals surface area (Å²) in [4.78, 5) is 27.7. The van der Waals surface area contributed by atoms with Gasteiger partial charge >= 0.3 is 11.9 Å². The number of carboxylic acids is 2. The number of aromatic amines is 2. The number of hydrogen-bond donors (Lipinski definition) is 6. The molecule has 2 heterocycles. The Morgan fingerprint density at radius 3 is 2.09 bits per heavy atom. The van der Waals surface area contributed by atoms with Crippen LogP contribution >= 0.6 is 0 Å². The summed E-state index contributed by atoms with van der Waals surface area (Å²) in [5.74, 6) is -1.94. The minimum absolute atomic E-state index is 0.346. The molecule has 8 heteroatoms. The minimum atomic E-state index is -0.971. The zero-order valence-electron chi connectivity index (χ0n) is 18.1. The molecule has 2 aromatic heterocycles. The van der Waals surface area contributed by atoms with Gasteiger partial charge in [-0.05, 0) is 42.2 Å². The third-order valence-electron chi connectivity index (χ3n) is 5.45. The lowest BCUT2D eigenvalue weighted by atomic mass is 10.0. The maximum Gasteiger partial charge on any atom is 0.320 e. The number of aromatic nitrogens is 2. The Labute approximate surface area is 185 Å². The van der Waals surface area contributed by atoms with E-state index in [0.717, 1.165) is 38.5 Å². The number of carbonyl (C=O) groups is 2. The van der Waals surface area contributed by atoms with Gasteiger partial charge in [-0.25, -0.2) is 0 Å². The average molecular weight is 437 g/mol. The van der Waals surface area contributed by atoms with Crippen LogP contribution in [0.3, 0.4) is 0 Å². The molecular weight excluding hydrogens is 408 g/mol. The molecule has 0 saturated carbocycles. The van der Waals surface area contributed by atoms with E-state index in [2.05, 4.69) is 9.97 Å². The predicted octanol–water partition coefficient (Wildman–Crippen LogP) is 2.86. The Balaban J connectivity index is 0.000000181. The van der Waals surface area contributed by atoms with Crippen LogP contribution in [-0.4, -0.2) is 44.2 Å². The molecular formula is C24H28N4O4. The number of para-hydroxylation sites is 1. The maximum absolute atomic E-state index is 10.7. The zero-order chi connectivity index (χ0) is 23.4. The highest BCUT2D eigenvalue weighted by Crippen LogP contribution is 2.22. The van der Waals surface area contributed by atoms with Crippen LogP contribution in [0.25, 0.3) is 21.8 Å². The van der Waals surface area contributed by atoms with E-state index >= 15 is 0 Å². The first-order valence-corrected chi connectivity index (χ1v) is 10.3. The van der Waals surface area contributed by atoms with Crippen LogP contribution in [0.15, 0.2) is 48.8 Å². The maximum atomic E-state index is 10.7. The summed E-state index contributed by atoms with van der Waals surface area (Å²) < 4.78 is 0. The van der Waals surface area contributed by atoms with Crippen LogP contribution in [-0.2, 0) is 22.4 Å². The summed E-state index contributed by atoms with van der Waals surface area (Å²) in [6, 6.07) is 10.3. The number of nitrogens with two attached hydrogens (primary N) is 2. The van der Waals surface area contributed by atoms with E-state index in [1.54, 1.807) is 0 Å². The summed E-state index contributed by atoms with van der Waals surface area (Å²) in [6.45, 7) is 4.03. The molecule has 32 heavy (non-hydrogen) atoms. The van der Waals surface area contributed by atoms with Crippen molar-refractivity contribution in [3.05, 3.63) is 71.0 Å². The van der Waals surface area contributed by atoms with Gasteiger partial charge in [-0.1, -0.05) is 30.3 Å². The SMILES string of the molecule is Cc1ccc2c(CC(N)C(=O)O)c[nH]c2c1.Cc1cccc2c(CC(N)C(=O)O)c[nH]c12. The molecule has 0 aliphatic carbocycles. The van der Waals surface area contributed by atoms with Gasteiger partial charge in [0.1, 0.15) is 12.1 Å². The number of aliphatic carboxylic acids is 2. The lowest BCUT2D eigenvalue weighted by Crippen LogP contribution is -2.32. The largest absolute Gasteiger partial charge is 0.480 e. The van der Waals surface area contributed by atoms with Gasteiger partial charge in [0.05, 0.1) is 0 Å². The second-order valence-electron chi connectivity index (χ2n) is 7.97. The fraction of sp³-hybridized carbons (Fsp3) is 0.250. The monoisotopic (exact) mass is 436 g/mol. The van der Waals surface area contributed by atoms with Gasteiger partial charge in [0.2, 0.25) is 0 Å². The molecule has 168 valence electrons. The highest BCUT2D eigenvalue weighted by molar-refractivity contribution is 5.87. The number of rotatable bonds is 6. The van der Waals surface area contributed by atoms with Crippen molar-refractivity contribution in [2.24, 2.45) is 11.5 Å². The molecule has 0 amide bonds. The van der Waals surface area contributed by atoms with Gasteiger partial charge in [-0.3, -0.25) is 9.59 Å². The van der Waals surface area contributed by atoms with E-state index in [1.807, 2.05) is 62.6 Å². The van der Waals surface area contributed by atoms with Gasteiger partial charge in [-0.2, -0.15) is 0 Å². The second kappa shape index (κ2) is 9.67. The standard InChI is InChI=1S/2C12H14N2O2/c1-7-2-3-9-8(5-10(13)12(15)16)6-14-11(9)4-7;1-7-3-2-4-9-8(6-14-11(7)9)5-10(13)12(15)16/h2*2-4,6,10,14H,5,13H2,1H3,(H,15,16). The third kappa shape index (κ3) is 5.16. The topological polar surface area (TPSA) is 158 Å². The normalized spacial score (nSPS) is 12.9. The molecule has 8 N–H and O–H groups in total. The molecule has 0 aliphatic heterocycles. The average Bonchev–Trinajstić information content (AvgIpc) is 3.33. The van der Waals surface area contributed by atoms with Crippen molar-refractivity contribution < 1.29 is 19.8 Å². The first kappa shape index (κ1) is 23.1. The lowest BCUT2D eigenvalue weighted by Gasteiger charge is -2.04. The molecule has 8 nitrogen and oxygen atoms in total. The van der Waals surface area contributed by atoms with Gasteiger partial charge in [0, 0.05) is 47.0 Å². The molecule has 4 rings (SSSR count). The second-order valence-corrected chi connectivity index (χ2v) is 7.97. The van der Waals surface area contributed by atoms with Crippen molar-refractivity contribution in [3.63, 3.8) is 0 Å². The Bertz CT molecular complexity index is 1260. The molecule has 2 atom stereocenters. The molecule has 0 fully saturated rings. The highest BCUT2D eigenvalue weighted by atomic mass is 16.4. The van der Waals surface area contributed by atoms with Crippen LogP contribution in [0, 0.1) is 13.8 Å². The van der Waals surface area contributed by atoms with Gasteiger partial charge in [-0.15, -0.1) is 0 Å². The summed E-state index contributed by atoms with van der Waals surface area (Å²) in [7, 11) is 0. The van der Waals surface area contributed by atoms with Crippen molar-refractivity contribution in [3.8, 4) is 0 Å². The Morgan fingerprint density at radius 1 is 0.875 bits per heavy atom. The van der Waals surface area contributed by atoms with Crippen molar-refractivity contribution in [1.82, 2.24) is 9.97 Å². The molecule has 0 radical (unpaired) electrons. The number of nitrogens with one attached hydrogen (secondary N) is 2. The van der Waals surface area contributed by atoms with E-state index in [0.29, 0.717) is 12.8 Å². The molecule has 4 aromatic rings. The van der Waals surface area contributed by atoms with Crippen LogP contribution < -0.4 is 11.5 Å². The number of H-pyrrole nitrogens is 2. The fourth-order valence-electron chi connectivity index (χ4n) is 3.65. The van der Waals surface area contributed by atoms with Crippen molar-refractivity contribution in [1.29, 1.82) is 0 Å². The van der Waals surface area contributed by atoms with Gasteiger partial charge in [0.25, 0.3) is 0 Å². The molecule has 0 bridgehead atoms. The van der Waals surface area contributed by atoms with E-state index in [1.165, 1.54) is 5.56 Å². The van der Waals surface area contributed by atoms with Crippen LogP contribution in [0.5, 0.6) is 0 Å². The number of carboxylic acid groups (broad SMARTS) is 2. The smallest absolute Gasteiger partial charge is 0.320 e. The first-order valence-electron chi connectivity index (χ1n) is 10.3. The summed E-state index contributed by atoms with van der Waals surface area (Å²) in [6.07, 6.45) is 4.35. The van der Waals surface area contributed by atoms with Gasteiger partial charge < -0.3 is 31.6 Å². The highest BCUT2D eigenvalue weighted by Gasteiger charge is 2.15. The van der Waals surface area contributed by atoms with Gasteiger partial charge in [0.15, 0.2) is 0 Å². The summed E-state index contributed by atoms with van der Waals surface area (Å²) >= 11 is 0. The van der Waals surface area contributed by atoms with Crippen LogP contribution in [0.2, 0.25) is 0 Å². The third-order valence-corrected chi connectivity index (χ3v) is 5.45. The lowest BCUT2D eigenvalue weighted by molar-refractivity contribution is -0.139. The van der Waals surface area contributed by atoms with E-state index in [9.17, 15) is 9.59 Å². The van der Waals surface area contributed by atoms with Crippen molar-refractivity contribution in [2.75, 3.05) is 0 Å². The van der Waals surface area contributed by atoms with Crippen molar-refractivity contribution >= 4 is 33.7 Å². The molecule has 0 saturated heterocycles. The van der Waals surface area contributed by atoms with Crippen molar-refractivity contribution in [2.45, 2.75) is 38.8 Å².